The standard InChI is InChI=1S/C12H22N2S/c1-5-13-12(10-2-3-10)8-14(6-1)11-4-7-15-9-11/h10-13H,1-9H2. The molecule has 3 aliphatic rings. The van der Waals surface area contributed by atoms with Gasteiger partial charge in [0.2, 0.25) is 0 Å². The predicted octanol–water partition coefficient (Wildman–Crippen LogP) is 1.57. The van der Waals surface area contributed by atoms with Gasteiger partial charge in [-0.15, -0.1) is 0 Å². The Labute approximate surface area is 97.2 Å². The van der Waals surface area contributed by atoms with Crippen molar-refractivity contribution in [2.75, 3.05) is 31.1 Å². The average molecular weight is 226 g/mol. The molecule has 2 nitrogen and oxygen atoms in total. The summed E-state index contributed by atoms with van der Waals surface area (Å²) >= 11 is 2.15. The monoisotopic (exact) mass is 226 g/mol. The van der Waals surface area contributed by atoms with Gasteiger partial charge in [0, 0.05) is 24.4 Å². The van der Waals surface area contributed by atoms with Gasteiger partial charge in [-0.2, -0.15) is 11.8 Å². The zero-order chi connectivity index (χ0) is 10.1. The Kier molecular flexibility index (Phi) is 3.23. The molecule has 1 aliphatic carbocycles. The van der Waals surface area contributed by atoms with Gasteiger partial charge in [0.05, 0.1) is 0 Å². The second-order valence-corrected chi connectivity index (χ2v) is 6.41. The lowest BCUT2D eigenvalue weighted by atomic mass is 10.1. The summed E-state index contributed by atoms with van der Waals surface area (Å²) in [5, 5.41) is 3.75. The van der Waals surface area contributed by atoms with Crippen LogP contribution in [0.1, 0.15) is 25.7 Å². The van der Waals surface area contributed by atoms with E-state index in [1.54, 1.807) is 0 Å². The van der Waals surface area contributed by atoms with E-state index in [0.717, 1.165) is 18.0 Å². The highest BCUT2D eigenvalue weighted by Gasteiger charge is 2.35. The zero-order valence-corrected chi connectivity index (χ0v) is 10.3. The fraction of sp³-hybridized carbons (Fsp3) is 1.00. The van der Waals surface area contributed by atoms with Crippen molar-refractivity contribution in [2.45, 2.75) is 37.8 Å². The molecule has 2 unspecified atom stereocenters. The van der Waals surface area contributed by atoms with Gasteiger partial charge < -0.3 is 5.32 Å². The van der Waals surface area contributed by atoms with Gasteiger partial charge in [-0.05, 0) is 50.4 Å². The zero-order valence-electron chi connectivity index (χ0n) is 9.45. The van der Waals surface area contributed by atoms with E-state index in [9.17, 15) is 0 Å². The van der Waals surface area contributed by atoms with Crippen LogP contribution in [0, 0.1) is 5.92 Å². The number of nitrogens with one attached hydrogen (secondary N) is 1. The van der Waals surface area contributed by atoms with Crippen LogP contribution in [0.2, 0.25) is 0 Å². The minimum atomic E-state index is 0.818. The molecule has 3 heteroatoms. The molecule has 2 aliphatic heterocycles. The van der Waals surface area contributed by atoms with Crippen LogP contribution in [0.5, 0.6) is 0 Å². The lowest BCUT2D eigenvalue weighted by molar-refractivity contribution is 0.203. The van der Waals surface area contributed by atoms with Crippen molar-refractivity contribution in [3.63, 3.8) is 0 Å². The molecule has 15 heavy (non-hydrogen) atoms. The van der Waals surface area contributed by atoms with Crippen LogP contribution in [0.25, 0.3) is 0 Å². The van der Waals surface area contributed by atoms with E-state index in [2.05, 4.69) is 22.0 Å². The van der Waals surface area contributed by atoms with Crippen molar-refractivity contribution in [3.05, 3.63) is 0 Å². The molecule has 2 atom stereocenters. The highest BCUT2D eigenvalue weighted by atomic mass is 32.2. The second kappa shape index (κ2) is 4.64. The van der Waals surface area contributed by atoms with Crippen LogP contribution < -0.4 is 5.32 Å². The van der Waals surface area contributed by atoms with Crippen molar-refractivity contribution in [2.24, 2.45) is 5.92 Å². The first-order valence-electron chi connectivity index (χ1n) is 6.48. The molecule has 1 saturated carbocycles. The van der Waals surface area contributed by atoms with E-state index in [4.69, 9.17) is 0 Å². The molecule has 0 amide bonds. The number of hydrogen-bond acceptors (Lipinski definition) is 3. The molecule has 3 rings (SSSR count). The molecule has 0 aromatic heterocycles. The largest absolute Gasteiger partial charge is 0.312 e. The van der Waals surface area contributed by atoms with Gasteiger partial charge in [-0.3, -0.25) is 4.90 Å². The van der Waals surface area contributed by atoms with E-state index in [1.807, 2.05) is 0 Å². The molecule has 0 bridgehead atoms. The normalized spacial score (nSPS) is 39.2. The van der Waals surface area contributed by atoms with Crippen LogP contribution in [0.3, 0.4) is 0 Å². The molecular weight excluding hydrogens is 204 g/mol. The first kappa shape index (κ1) is 10.4. The minimum absolute atomic E-state index is 0.818. The number of hydrogen-bond donors (Lipinski definition) is 1. The van der Waals surface area contributed by atoms with E-state index in [0.29, 0.717) is 0 Å². The van der Waals surface area contributed by atoms with Crippen molar-refractivity contribution >= 4 is 11.8 Å². The first-order chi connectivity index (χ1) is 7.43. The number of rotatable bonds is 2. The maximum atomic E-state index is 3.75. The van der Waals surface area contributed by atoms with Crippen LogP contribution in [0.15, 0.2) is 0 Å². The third-order valence-electron chi connectivity index (χ3n) is 4.07. The fourth-order valence-corrected chi connectivity index (χ4v) is 4.19. The van der Waals surface area contributed by atoms with E-state index in [1.165, 1.54) is 56.8 Å². The summed E-state index contributed by atoms with van der Waals surface area (Å²) in [6.45, 7) is 3.91. The Morgan fingerprint density at radius 3 is 2.87 bits per heavy atom. The van der Waals surface area contributed by atoms with Crippen molar-refractivity contribution < 1.29 is 0 Å². The summed E-state index contributed by atoms with van der Waals surface area (Å²) in [6, 6.07) is 1.72. The highest BCUT2D eigenvalue weighted by Crippen LogP contribution is 2.34. The smallest absolute Gasteiger partial charge is 0.0223 e. The average Bonchev–Trinajstić information content (AvgIpc) is 3.00. The van der Waals surface area contributed by atoms with Gasteiger partial charge >= 0.3 is 0 Å². The summed E-state index contributed by atoms with van der Waals surface area (Å²) in [7, 11) is 0. The molecule has 0 spiro atoms. The summed E-state index contributed by atoms with van der Waals surface area (Å²) < 4.78 is 0. The van der Waals surface area contributed by atoms with Crippen LogP contribution in [-0.4, -0.2) is 48.1 Å². The van der Waals surface area contributed by atoms with Gasteiger partial charge in [0.1, 0.15) is 0 Å². The van der Waals surface area contributed by atoms with E-state index >= 15 is 0 Å². The first-order valence-corrected chi connectivity index (χ1v) is 7.64. The molecular formula is C12H22N2S. The highest BCUT2D eigenvalue weighted by molar-refractivity contribution is 7.99. The maximum Gasteiger partial charge on any atom is 0.0223 e. The molecule has 3 fully saturated rings. The van der Waals surface area contributed by atoms with Crippen molar-refractivity contribution in [1.29, 1.82) is 0 Å². The van der Waals surface area contributed by atoms with Crippen LogP contribution in [0.4, 0.5) is 0 Å². The Morgan fingerprint density at radius 1 is 1.20 bits per heavy atom. The number of nitrogens with zero attached hydrogens (tertiary/aromatic N) is 1. The lowest BCUT2D eigenvalue weighted by Gasteiger charge is -2.29. The Balaban J connectivity index is 1.60. The SMILES string of the molecule is C1CNC(C2CC2)CN(C2CCSC2)C1. The number of thioether (sulfide) groups is 1. The molecule has 0 aromatic rings. The minimum Gasteiger partial charge on any atom is -0.312 e. The van der Waals surface area contributed by atoms with E-state index in [-0.39, 0.29) is 0 Å². The molecule has 2 heterocycles. The molecule has 1 N–H and O–H groups in total. The summed E-state index contributed by atoms with van der Waals surface area (Å²) in [4.78, 5) is 2.78. The Bertz CT molecular complexity index is 212. The quantitative estimate of drug-likeness (QED) is 0.769. The Morgan fingerprint density at radius 2 is 2.13 bits per heavy atom. The molecule has 86 valence electrons. The van der Waals surface area contributed by atoms with Gasteiger partial charge in [-0.25, -0.2) is 0 Å². The van der Waals surface area contributed by atoms with Crippen LogP contribution >= 0.6 is 11.8 Å². The molecule has 0 aromatic carbocycles. The van der Waals surface area contributed by atoms with Gasteiger partial charge in [0.15, 0.2) is 0 Å². The second-order valence-electron chi connectivity index (χ2n) is 5.26. The van der Waals surface area contributed by atoms with Crippen molar-refractivity contribution in [3.8, 4) is 0 Å². The lowest BCUT2D eigenvalue weighted by Crippen LogP contribution is -2.43. The van der Waals surface area contributed by atoms with Gasteiger partial charge in [0.25, 0.3) is 0 Å². The Hall–Kier alpha value is 0.270. The molecule has 2 saturated heterocycles. The summed E-state index contributed by atoms with van der Waals surface area (Å²) in [5.74, 6) is 3.79. The topological polar surface area (TPSA) is 15.3 Å². The predicted molar refractivity (Wildman–Crippen MR) is 66.4 cm³/mol. The maximum absolute atomic E-state index is 3.75. The summed E-state index contributed by atoms with van der Waals surface area (Å²) in [5.41, 5.74) is 0. The van der Waals surface area contributed by atoms with Crippen molar-refractivity contribution in [1.82, 2.24) is 10.2 Å². The van der Waals surface area contributed by atoms with Gasteiger partial charge in [-0.1, -0.05) is 0 Å². The summed E-state index contributed by atoms with van der Waals surface area (Å²) in [6.07, 6.45) is 5.74. The van der Waals surface area contributed by atoms with E-state index < -0.39 is 0 Å². The van der Waals surface area contributed by atoms with Crippen LogP contribution in [-0.2, 0) is 0 Å². The molecule has 0 radical (unpaired) electrons. The third-order valence-corrected chi connectivity index (χ3v) is 5.22. The third kappa shape index (κ3) is 2.51. The fourth-order valence-electron chi connectivity index (χ4n) is 2.93.